The molecule has 0 spiro atoms. The number of aromatic nitrogens is 1. The van der Waals surface area contributed by atoms with E-state index in [4.69, 9.17) is 4.74 Å². The van der Waals surface area contributed by atoms with E-state index in [1.54, 1.807) is 13.2 Å². The van der Waals surface area contributed by atoms with E-state index in [0.29, 0.717) is 18.8 Å². The van der Waals surface area contributed by atoms with Crippen LogP contribution in [0.2, 0.25) is 0 Å². The van der Waals surface area contributed by atoms with Crippen molar-refractivity contribution in [1.29, 1.82) is 0 Å². The van der Waals surface area contributed by atoms with E-state index < -0.39 is 0 Å². The van der Waals surface area contributed by atoms with Gasteiger partial charge in [-0.25, -0.2) is 4.98 Å². The Morgan fingerprint density at radius 3 is 2.52 bits per heavy atom. The minimum Gasteiger partial charge on any atom is -0.497 e. The number of carbonyl (C=O) groups is 1. The summed E-state index contributed by atoms with van der Waals surface area (Å²) in [5.41, 5.74) is 2.52. The highest BCUT2D eigenvalue weighted by Gasteiger charge is 2.23. The molecule has 1 fully saturated rings. The van der Waals surface area contributed by atoms with Crippen LogP contribution in [0, 0.1) is 6.92 Å². The number of hydrogen-bond donors (Lipinski definition) is 0. The average molecular weight is 311 g/mol. The van der Waals surface area contributed by atoms with Crippen LogP contribution in [0.5, 0.6) is 5.75 Å². The number of methoxy groups -OCH3 is 1. The van der Waals surface area contributed by atoms with Crippen LogP contribution in [0.3, 0.4) is 0 Å². The Morgan fingerprint density at radius 2 is 1.83 bits per heavy atom. The number of benzene rings is 1. The van der Waals surface area contributed by atoms with Crippen molar-refractivity contribution >= 4 is 11.6 Å². The van der Waals surface area contributed by atoms with Gasteiger partial charge in [0.2, 0.25) is 0 Å². The van der Waals surface area contributed by atoms with E-state index in [-0.39, 0.29) is 5.91 Å². The largest absolute Gasteiger partial charge is 0.497 e. The highest BCUT2D eigenvalue weighted by molar-refractivity contribution is 5.92. The summed E-state index contributed by atoms with van der Waals surface area (Å²) < 4.78 is 5.27. The van der Waals surface area contributed by atoms with E-state index in [1.165, 1.54) is 0 Å². The number of carbonyl (C=O) groups excluding carboxylic acids is 1. The third kappa shape index (κ3) is 3.44. The summed E-state index contributed by atoms with van der Waals surface area (Å²) in [5.74, 6) is 0.865. The summed E-state index contributed by atoms with van der Waals surface area (Å²) in [7, 11) is 1.67. The number of nitrogens with zero attached hydrogens (tertiary/aromatic N) is 3. The van der Waals surface area contributed by atoms with Crippen molar-refractivity contribution in [2.24, 2.45) is 0 Å². The molecular formula is C18H21N3O2. The van der Waals surface area contributed by atoms with Crippen LogP contribution >= 0.6 is 0 Å². The van der Waals surface area contributed by atoms with Crippen LogP contribution < -0.4 is 9.64 Å². The number of pyridine rings is 1. The first-order valence-electron chi connectivity index (χ1n) is 7.79. The number of anilines is 1. The molecule has 1 aromatic heterocycles. The van der Waals surface area contributed by atoms with Gasteiger partial charge in [-0.15, -0.1) is 0 Å². The molecule has 1 aromatic carbocycles. The van der Waals surface area contributed by atoms with Gasteiger partial charge in [-0.2, -0.15) is 0 Å². The van der Waals surface area contributed by atoms with Crippen molar-refractivity contribution in [2.75, 3.05) is 38.2 Å². The molecule has 3 rings (SSSR count). The first-order valence-corrected chi connectivity index (χ1v) is 7.79. The molecule has 1 aliphatic rings. The van der Waals surface area contributed by atoms with Crippen molar-refractivity contribution in [1.82, 2.24) is 9.88 Å². The fourth-order valence-corrected chi connectivity index (χ4v) is 2.80. The zero-order valence-corrected chi connectivity index (χ0v) is 13.5. The van der Waals surface area contributed by atoms with Gasteiger partial charge in [0.25, 0.3) is 5.91 Å². The molecule has 0 N–H and O–H groups in total. The van der Waals surface area contributed by atoms with Crippen molar-refractivity contribution in [2.45, 2.75) is 6.92 Å². The molecule has 0 unspecified atom stereocenters. The fraction of sp³-hybridized carbons (Fsp3) is 0.333. The third-order valence-corrected chi connectivity index (χ3v) is 4.09. The monoisotopic (exact) mass is 311 g/mol. The quantitative estimate of drug-likeness (QED) is 0.873. The maximum Gasteiger partial charge on any atom is 0.272 e. The Balaban J connectivity index is 1.65. The lowest BCUT2D eigenvalue weighted by Crippen LogP contribution is -2.49. The number of amides is 1. The van der Waals surface area contributed by atoms with E-state index in [0.717, 1.165) is 30.2 Å². The molecule has 1 amide bonds. The lowest BCUT2D eigenvalue weighted by molar-refractivity contribution is 0.0740. The molecule has 0 saturated carbocycles. The van der Waals surface area contributed by atoms with Crippen molar-refractivity contribution in [3.05, 3.63) is 53.9 Å². The van der Waals surface area contributed by atoms with Gasteiger partial charge >= 0.3 is 0 Å². The molecule has 5 heteroatoms. The lowest BCUT2D eigenvalue weighted by Gasteiger charge is -2.36. The normalized spacial score (nSPS) is 14.7. The summed E-state index contributed by atoms with van der Waals surface area (Å²) in [6.45, 7) is 4.92. The summed E-state index contributed by atoms with van der Waals surface area (Å²) >= 11 is 0. The molecule has 120 valence electrons. The van der Waals surface area contributed by atoms with E-state index >= 15 is 0 Å². The van der Waals surface area contributed by atoms with Gasteiger partial charge in [0.1, 0.15) is 11.4 Å². The van der Waals surface area contributed by atoms with E-state index in [2.05, 4.69) is 16.0 Å². The molecule has 1 aliphatic heterocycles. The second-order valence-corrected chi connectivity index (χ2v) is 5.64. The Bertz CT molecular complexity index is 694. The molecule has 0 radical (unpaired) electrons. The average Bonchev–Trinajstić information content (AvgIpc) is 2.61. The van der Waals surface area contributed by atoms with Gasteiger partial charge in [0.05, 0.1) is 7.11 Å². The van der Waals surface area contributed by atoms with Crippen LogP contribution in [-0.2, 0) is 0 Å². The van der Waals surface area contributed by atoms with E-state index in [9.17, 15) is 4.79 Å². The van der Waals surface area contributed by atoms with Crippen LogP contribution in [0.15, 0.2) is 42.5 Å². The first-order chi connectivity index (χ1) is 11.2. The zero-order valence-electron chi connectivity index (χ0n) is 13.5. The number of hydrogen-bond acceptors (Lipinski definition) is 4. The highest BCUT2D eigenvalue weighted by Crippen LogP contribution is 2.22. The first kappa shape index (κ1) is 15.3. The smallest absolute Gasteiger partial charge is 0.272 e. The molecular weight excluding hydrogens is 290 g/mol. The Hall–Kier alpha value is -2.56. The molecule has 0 aliphatic carbocycles. The zero-order chi connectivity index (χ0) is 16.2. The van der Waals surface area contributed by atoms with Gasteiger partial charge in [0, 0.05) is 43.6 Å². The predicted molar refractivity (Wildman–Crippen MR) is 90.1 cm³/mol. The molecule has 23 heavy (non-hydrogen) atoms. The van der Waals surface area contributed by atoms with Gasteiger partial charge in [0.15, 0.2) is 0 Å². The minimum absolute atomic E-state index is 0.0130. The molecule has 0 atom stereocenters. The lowest BCUT2D eigenvalue weighted by atomic mass is 10.2. The van der Waals surface area contributed by atoms with Gasteiger partial charge in [-0.05, 0) is 31.2 Å². The van der Waals surface area contributed by atoms with Gasteiger partial charge in [-0.1, -0.05) is 12.1 Å². The Kier molecular flexibility index (Phi) is 4.46. The number of aryl methyl sites for hydroxylation is 1. The third-order valence-electron chi connectivity index (χ3n) is 4.09. The van der Waals surface area contributed by atoms with Crippen LogP contribution in [-0.4, -0.2) is 49.1 Å². The number of rotatable bonds is 3. The van der Waals surface area contributed by atoms with Crippen LogP contribution in [0.25, 0.3) is 0 Å². The number of piperazine rings is 1. The summed E-state index contributed by atoms with van der Waals surface area (Å²) in [6.07, 6.45) is 0. The summed E-state index contributed by atoms with van der Waals surface area (Å²) in [5, 5.41) is 0. The summed E-state index contributed by atoms with van der Waals surface area (Å²) in [6, 6.07) is 13.6. The second kappa shape index (κ2) is 6.69. The van der Waals surface area contributed by atoms with Crippen molar-refractivity contribution < 1.29 is 9.53 Å². The maximum absolute atomic E-state index is 12.5. The predicted octanol–water partition coefficient (Wildman–Crippen LogP) is 2.36. The highest BCUT2D eigenvalue weighted by atomic mass is 16.5. The van der Waals surface area contributed by atoms with Crippen LogP contribution in [0.4, 0.5) is 5.69 Å². The van der Waals surface area contributed by atoms with Crippen molar-refractivity contribution in [3.8, 4) is 5.75 Å². The summed E-state index contributed by atoms with van der Waals surface area (Å²) in [4.78, 5) is 21.0. The van der Waals surface area contributed by atoms with Crippen molar-refractivity contribution in [3.63, 3.8) is 0 Å². The molecule has 2 aromatic rings. The molecule has 1 saturated heterocycles. The van der Waals surface area contributed by atoms with Gasteiger partial charge < -0.3 is 14.5 Å². The standard InChI is InChI=1S/C18H21N3O2/c1-14-5-3-8-17(19-14)18(22)21-11-9-20(10-12-21)15-6-4-7-16(13-15)23-2/h3-8,13H,9-12H2,1-2H3. The Labute approximate surface area is 136 Å². The van der Waals surface area contributed by atoms with Crippen LogP contribution in [0.1, 0.15) is 16.2 Å². The topological polar surface area (TPSA) is 45.7 Å². The SMILES string of the molecule is COc1cccc(N2CCN(C(=O)c3cccc(C)n3)CC2)c1. The Morgan fingerprint density at radius 1 is 1.09 bits per heavy atom. The molecule has 0 bridgehead atoms. The maximum atomic E-state index is 12.5. The molecule has 5 nitrogen and oxygen atoms in total. The number of ether oxygens (including phenoxy) is 1. The van der Waals surface area contributed by atoms with E-state index in [1.807, 2.05) is 42.2 Å². The van der Waals surface area contributed by atoms with Gasteiger partial charge in [-0.3, -0.25) is 4.79 Å². The minimum atomic E-state index is 0.0130. The fourth-order valence-electron chi connectivity index (χ4n) is 2.80. The molecule has 2 heterocycles. The second-order valence-electron chi connectivity index (χ2n) is 5.64.